The molecule has 1 aromatic carbocycles. The second-order valence-electron chi connectivity index (χ2n) is 6.75. The number of amides is 1. The van der Waals surface area contributed by atoms with Crippen molar-refractivity contribution in [2.24, 2.45) is 0 Å². The van der Waals surface area contributed by atoms with Gasteiger partial charge < -0.3 is 15.2 Å². The quantitative estimate of drug-likeness (QED) is 0.641. The zero-order chi connectivity index (χ0) is 20.9. The van der Waals surface area contributed by atoms with Gasteiger partial charge in [-0.05, 0) is 56.5 Å². The van der Waals surface area contributed by atoms with Crippen molar-refractivity contribution in [2.45, 2.75) is 43.4 Å². The van der Waals surface area contributed by atoms with Crippen molar-refractivity contribution in [1.29, 1.82) is 0 Å². The van der Waals surface area contributed by atoms with Crippen molar-refractivity contribution in [3.8, 4) is 0 Å². The first-order valence-electron chi connectivity index (χ1n) is 8.93. The van der Waals surface area contributed by atoms with Gasteiger partial charge in [0.15, 0.2) is 0 Å². The van der Waals surface area contributed by atoms with Gasteiger partial charge in [-0.15, -0.1) is 0 Å². The van der Waals surface area contributed by atoms with Gasteiger partial charge in [-0.1, -0.05) is 0 Å². The molecule has 1 fully saturated rings. The molecule has 3 atom stereocenters. The molecule has 0 saturated carbocycles. The van der Waals surface area contributed by atoms with Crippen molar-refractivity contribution in [3.63, 3.8) is 0 Å². The number of sulfonamides is 1. The number of benzene rings is 1. The Morgan fingerprint density at radius 1 is 1.25 bits per heavy atom. The van der Waals surface area contributed by atoms with E-state index in [1.54, 1.807) is 0 Å². The third kappa shape index (κ3) is 5.69. The molecule has 0 aromatic heterocycles. The van der Waals surface area contributed by atoms with E-state index in [2.05, 4.69) is 5.32 Å². The Hall–Kier alpha value is -1.62. The van der Waals surface area contributed by atoms with Gasteiger partial charge in [0, 0.05) is 18.7 Å². The number of thioether (sulfide) groups is 1. The van der Waals surface area contributed by atoms with E-state index in [0.29, 0.717) is 12.2 Å². The first-order chi connectivity index (χ1) is 13.1. The van der Waals surface area contributed by atoms with Crippen molar-refractivity contribution >= 4 is 33.7 Å². The molecule has 1 saturated heterocycles. The molecular formula is C18H26N2O6S2. The van der Waals surface area contributed by atoms with Gasteiger partial charge in [0.2, 0.25) is 10.0 Å². The highest BCUT2D eigenvalue weighted by Gasteiger charge is 2.32. The van der Waals surface area contributed by atoms with E-state index >= 15 is 0 Å². The highest BCUT2D eigenvalue weighted by atomic mass is 32.2. The molecule has 1 aromatic rings. The molecule has 1 aliphatic heterocycles. The van der Waals surface area contributed by atoms with Crippen LogP contribution in [0, 0.1) is 0 Å². The first-order valence-corrected chi connectivity index (χ1v) is 11.8. The highest BCUT2D eigenvalue weighted by Crippen LogP contribution is 2.21. The number of carboxylic acids is 1. The minimum atomic E-state index is -3.69. The highest BCUT2D eigenvalue weighted by molar-refractivity contribution is 7.98. The second-order valence-corrected chi connectivity index (χ2v) is 9.67. The van der Waals surface area contributed by atoms with Crippen LogP contribution in [-0.4, -0.2) is 73.1 Å². The lowest BCUT2D eigenvalue weighted by Gasteiger charge is -2.34. The molecule has 0 bridgehead atoms. The van der Waals surface area contributed by atoms with Gasteiger partial charge >= 0.3 is 5.97 Å². The molecule has 8 nitrogen and oxygen atoms in total. The van der Waals surface area contributed by atoms with Gasteiger partial charge in [-0.3, -0.25) is 4.79 Å². The number of carbonyl (C=O) groups excluding carboxylic acids is 1. The Morgan fingerprint density at radius 3 is 2.32 bits per heavy atom. The lowest BCUT2D eigenvalue weighted by molar-refractivity contribution is -0.139. The summed E-state index contributed by atoms with van der Waals surface area (Å²) in [6.07, 6.45) is 1.77. The number of carbonyl (C=O) groups is 2. The Balaban J connectivity index is 2.11. The lowest BCUT2D eigenvalue weighted by Crippen LogP contribution is -2.48. The molecule has 28 heavy (non-hydrogen) atoms. The summed E-state index contributed by atoms with van der Waals surface area (Å²) in [6.45, 7) is 4.18. The van der Waals surface area contributed by atoms with Gasteiger partial charge in [0.05, 0.1) is 17.1 Å². The number of rotatable bonds is 8. The molecule has 0 radical (unpaired) electrons. The second kappa shape index (κ2) is 9.73. The van der Waals surface area contributed by atoms with E-state index in [-0.39, 0.29) is 35.8 Å². The Morgan fingerprint density at radius 2 is 1.82 bits per heavy atom. The van der Waals surface area contributed by atoms with Crippen molar-refractivity contribution in [2.75, 3.05) is 25.1 Å². The molecule has 1 aliphatic rings. The summed E-state index contributed by atoms with van der Waals surface area (Å²) in [5.74, 6) is -1.05. The number of carboxylic acid groups (broad SMARTS) is 1. The maximum atomic E-state index is 12.8. The maximum absolute atomic E-state index is 12.8. The summed E-state index contributed by atoms with van der Waals surface area (Å²) >= 11 is 1.49. The third-order valence-electron chi connectivity index (χ3n) is 4.35. The molecule has 156 valence electrons. The number of aliphatic carboxylic acids is 1. The number of ether oxygens (including phenoxy) is 1. The molecule has 2 N–H and O–H groups in total. The normalized spacial score (nSPS) is 21.8. The van der Waals surface area contributed by atoms with E-state index in [1.807, 2.05) is 20.1 Å². The van der Waals surface area contributed by atoms with E-state index in [4.69, 9.17) is 4.74 Å². The molecule has 0 unspecified atom stereocenters. The molecule has 0 aliphatic carbocycles. The number of nitrogens with one attached hydrogen (secondary N) is 1. The fraction of sp³-hybridized carbons (Fsp3) is 0.556. The molecule has 0 spiro atoms. The molecule has 10 heteroatoms. The van der Waals surface area contributed by atoms with Crippen LogP contribution in [0.1, 0.15) is 30.6 Å². The standard InChI is InChI=1S/C18H26N2O6S2/c1-12-10-20(11-13(2)26-12)28(24,25)15-6-4-14(5-7-15)17(21)19-16(18(22)23)8-9-27-3/h4-7,12-13,16H,8-11H2,1-3H3,(H,19,21)(H,22,23)/t12-,13+,16-/m1/s1. The van der Waals surface area contributed by atoms with Crippen LogP contribution < -0.4 is 5.32 Å². The number of morpholine rings is 1. The van der Waals surface area contributed by atoms with Crippen LogP contribution >= 0.6 is 11.8 Å². The zero-order valence-electron chi connectivity index (χ0n) is 16.1. The average Bonchev–Trinajstić information content (AvgIpc) is 2.64. The van der Waals surface area contributed by atoms with E-state index in [1.165, 1.54) is 40.3 Å². The SMILES string of the molecule is CSCC[C@@H](NC(=O)c1ccc(S(=O)(=O)N2C[C@@H](C)O[C@@H](C)C2)cc1)C(=O)O. The van der Waals surface area contributed by atoms with E-state index in [9.17, 15) is 23.1 Å². The fourth-order valence-corrected chi connectivity index (χ4v) is 5.05. The average molecular weight is 431 g/mol. The summed E-state index contributed by atoms with van der Waals surface area (Å²) in [4.78, 5) is 23.7. The summed E-state index contributed by atoms with van der Waals surface area (Å²) < 4.78 is 32.6. The number of hydrogen-bond donors (Lipinski definition) is 2. The Labute approximate surface area is 169 Å². The summed E-state index contributed by atoms with van der Waals surface area (Å²) in [5, 5.41) is 11.7. The predicted molar refractivity (Wildman–Crippen MR) is 107 cm³/mol. The first kappa shape index (κ1) is 22.7. The van der Waals surface area contributed by atoms with Gasteiger partial charge in [-0.2, -0.15) is 16.1 Å². The summed E-state index contributed by atoms with van der Waals surface area (Å²) in [7, 11) is -3.69. The predicted octanol–water partition coefficient (Wildman–Crippen LogP) is 1.42. The van der Waals surface area contributed by atoms with Crippen LogP contribution in [0.4, 0.5) is 0 Å². The van der Waals surface area contributed by atoms with Crippen LogP contribution in [0.2, 0.25) is 0 Å². The molecule has 1 amide bonds. The Kier molecular flexibility index (Phi) is 7.87. The van der Waals surface area contributed by atoms with Gasteiger partial charge in [-0.25, -0.2) is 13.2 Å². The number of nitrogens with zero attached hydrogens (tertiary/aromatic N) is 1. The fourth-order valence-electron chi connectivity index (χ4n) is 2.99. The minimum Gasteiger partial charge on any atom is -0.480 e. The van der Waals surface area contributed by atoms with Crippen LogP contribution in [0.5, 0.6) is 0 Å². The zero-order valence-corrected chi connectivity index (χ0v) is 17.8. The van der Waals surface area contributed by atoms with Gasteiger partial charge in [0.25, 0.3) is 5.91 Å². The third-order valence-corrected chi connectivity index (χ3v) is 6.84. The van der Waals surface area contributed by atoms with Crippen molar-refractivity contribution in [1.82, 2.24) is 9.62 Å². The van der Waals surface area contributed by atoms with Crippen LogP contribution in [0.3, 0.4) is 0 Å². The molecule has 1 heterocycles. The largest absolute Gasteiger partial charge is 0.480 e. The van der Waals surface area contributed by atoms with Crippen molar-refractivity contribution < 1.29 is 27.9 Å². The molecule has 2 rings (SSSR count). The van der Waals surface area contributed by atoms with E-state index < -0.39 is 27.9 Å². The number of hydrogen-bond acceptors (Lipinski definition) is 6. The van der Waals surface area contributed by atoms with Crippen LogP contribution in [0.15, 0.2) is 29.2 Å². The van der Waals surface area contributed by atoms with E-state index in [0.717, 1.165) is 0 Å². The topological polar surface area (TPSA) is 113 Å². The maximum Gasteiger partial charge on any atom is 0.326 e. The Bertz CT molecular complexity index is 787. The summed E-state index contributed by atoms with van der Waals surface area (Å²) in [6, 6.07) is 4.53. The monoisotopic (exact) mass is 430 g/mol. The summed E-state index contributed by atoms with van der Waals surface area (Å²) in [5.41, 5.74) is 0.207. The van der Waals surface area contributed by atoms with Gasteiger partial charge in [0.1, 0.15) is 6.04 Å². The minimum absolute atomic E-state index is 0.0857. The van der Waals surface area contributed by atoms with Crippen LogP contribution in [0.25, 0.3) is 0 Å². The lowest BCUT2D eigenvalue weighted by atomic mass is 10.1. The van der Waals surface area contributed by atoms with Crippen molar-refractivity contribution in [3.05, 3.63) is 29.8 Å². The smallest absolute Gasteiger partial charge is 0.326 e. The van der Waals surface area contributed by atoms with Crippen LogP contribution in [-0.2, 0) is 19.6 Å². The molecular weight excluding hydrogens is 404 g/mol.